The van der Waals surface area contributed by atoms with E-state index in [1.165, 1.54) is 51.0 Å². The Hall–Kier alpha value is -0.830. The Labute approximate surface area is 157 Å². The first-order chi connectivity index (χ1) is 12.3. The lowest BCUT2D eigenvalue weighted by Crippen LogP contribution is -2.51. The minimum Gasteiger partial charge on any atom is -0.430 e. The van der Waals surface area contributed by atoms with Crippen LogP contribution in [0.25, 0.3) is 0 Å². The molecule has 5 aliphatic rings. The van der Waals surface area contributed by atoms with Gasteiger partial charge in [0.1, 0.15) is 6.10 Å². The smallest absolute Gasteiger partial charge is 0.305 e. The zero-order valence-electron chi connectivity index (χ0n) is 16.8. The summed E-state index contributed by atoms with van der Waals surface area (Å²) < 4.78 is 11.6. The highest BCUT2D eigenvalue weighted by molar-refractivity contribution is 5.67. The van der Waals surface area contributed by atoms with Gasteiger partial charge in [-0.2, -0.15) is 0 Å². The Morgan fingerprint density at radius 1 is 1.27 bits per heavy atom. The largest absolute Gasteiger partial charge is 0.430 e. The summed E-state index contributed by atoms with van der Waals surface area (Å²) in [4.78, 5) is 11.5. The molecule has 1 heterocycles. The van der Waals surface area contributed by atoms with Gasteiger partial charge in [0.05, 0.1) is 0 Å². The van der Waals surface area contributed by atoms with Gasteiger partial charge >= 0.3 is 5.97 Å². The number of esters is 1. The molecule has 0 amide bonds. The molecule has 0 bridgehead atoms. The fraction of sp³-hybridized carbons (Fsp3) is 0.870. The van der Waals surface area contributed by atoms with Gasteiger partial charge in [0, 0.05) is 13.3 Å². The van der Waals surface area contributed by atoms with Gasteiger partial charge in [-0.05, 0) is 73.0 Å². The van der Waals surface area contributed by atoms with Crippen molar-refractivity contribution in [3.05, 3.63) is 11.6 Å². The van der Waals surface area contributed by atoms with Gasteiger partial charge in [-0.25, -0.2) is 0 Å². The molecule has 0 N–H and O–H groups in total. The number of fused-ring (bicyclic) bond motifs is 6. The minimum absolute atomic E-state index is 0.118. The SMILES string of the molecule is CC[C@H]1CCC2C3CC=C4C[C@]5(OC(C)=O)O[C@H]5C[C@]4(C)C3CC[C@@]21C. The molecule has 1 aliphatic heterocycles. The molecular formula is C23H34O3. The van der Waals surface area contributed by atoms with Crippen molar-refractivity contribution in [1.29, 1.82) is 0 Å². The van der Waals surface area contributed by atoms with E-state index in [1.807, 2.05) is 0 Å². The number of carbonyl (C=O) groups excluding carboxylic acids is 1. The van der Waals surface area contributed by atoms with Crippen molar-refractivity contribution < 1.29 is 14.3 Å². The molecule has 4 aliphatic carbocycles. The summed E-state index contributed by atoms with van der Waals surface area (Å²) in [5.74, 6) is 2.64. The van der Waals surface area contributed by atoms with Crippen LogP contribution in [0.1, 0.15) is 79.1 Å². The second kappa shape index (κ2) is 5.37. The first kappa shape index (κ1) is 17.3. The monoisotopic (exact) mass is 358 g/mol. The van der Waals surface area contributed by atoms with Crippen LogP contribution in [0.5, 0.6) is 0 Å². The summed E-state index contributed by atoms with van der Waals surface area (Å²) in [7, 11) is 0. The van der Waals surface area contributed by atoms with E-state index in [9.17, 15) is 4.79 Å². The zero-order valence-corrected chi connectivity index (χ0v) is 16.8. The van der Waals surface area contributed by atoms with Crippen LogP contribution in [0, 0.1) is 34.5 Å². The van der Waals surface area contributed by atoms with Crippen LogP contribution >= 0.6 is 0 Å². The standard InChI is InChI=1S/C23H34O3/c1-5-15-7-9-18-17-8-6-16-12-23(25-14(2)24)20(26-23)13-22(16,4)19(17)10-11-21(15,18)3/h6,15,17-20H,5,7-13H2,1-4H3/t15-,17?,18?,19?,20-,21+,22-,23-/m0/s1. The summed E-state index contributed by atoms with van der Waals surface area (Å²) in [6.45, 7) is 8.99. The van der Waals surface area contributed by atoms with E-state index in [4.69, 9.17) is 9.47 Å². The van der Waals surface area contributed by atoms with E-state index in [0.29, 0.717) is 5.41 Å². The van der Waals surface area contributed by atoms with E-state index < -0.39 is 5.79 Å². The summed E-state index contributed by atoms with van der Waals surface area (Å²) in [6.07, 6.45) is 12.7. The van der Waals surface area contributed by atoms with E-state index in [0.717, 1.165) is 36.5 Å². The maximum absolute atomic E-state index is 11.5. The average molecular weight is 359 g/mol. The van der Waals surface area contributed by atoms with E-state index >= 15 is 0 Å². The number of hydrogen-bond acceptors (Lipinski definition) is 3. The van der Waals surface area contributed by atoms with E-state index in [2.05, 4.69) is 26.8 Å². The van der Waals surface area contributed by atoms with Crippen LogP contribution < -0.4 is 0 Å². The molecule has 3 heteroatoms. The Morgan fingerprint density at radius 2 is 2.08 bits per heavy atom. The third-order valence-corrected chi connectivity index (χ3v) is 9.45. The molecule has 8 atom stereocenters. The molecule has 4 fully saturated rings. The van der Waals surface area contributed by atoms with Crippen molar-refractivity contribution in [2.24, 2.45) is 34.5 Å². The van der Waals surface area contributed by atoms with Crippen molar-refractivity contribution in [1.82, 2.24) is 0 Å². The van der Waals surface area contributed by atoms with Gasteiger partial charge in [0.2, 0.25) is 5.79 Å². The fourth-order valence-electron chi connectivity index (χ4n) is 8.07. The topological polar surface area (TPSA) is 38.8 Å². The van der Waals surface area contributed by atoms with Crippen molar-refractivity contribution in [2.75, 3.05) is 0 Å². The molecule has 0 aromatic carbocycles. The van der Waals surface area contributed by atoms with Gasteiger partial charge in [0.15, 0.2) is 0 Å². The first-order valence-corrected chi connectivity index (χ1v) is 10.9. The van der Waals surface area contributed by atoms with Gasteiger partial charge in [-0.1, -0.05) is 38.8 Å². The second-order valence-corrected chi connectivity index (χ2v) is 10.4. The molecule has 0 spiro atoms. The van der Waals surface area contributed by atoms with Crippen molar-refractivity contribution in [2.45, 2.75) is 91.0 Å². The maximum atomic E-state index is 11.5. The van der Waals surface area contributed by atoms with Gasteiger partial charge in [0.25, 0.3) is 0 Å². The third kappa shape index (κ3) is 2.13. The molecule has 26 heavy (non-hydrogen) atoms. The predicted octanol–water partition coefficient (Wildman–Crippen LogP) is 5.24. The number of hydrogen-bond donors (Lipinski definition) is 0. The molecular weight excluding hydrogens is 324 g/mol. The molecule has 5 rings (SSSR count). The predicted molar refractivity (Wildman–Crippen MR) is 100 cm³/mol. The molecule has 3 nitrogen and oxygen atoms in total. The van der Waals surface area contributed by atoms with Crippen LogP contribution in [0.3, 0.4) is 0 Å². The number of ether oxygens (including phenoxy) is 2. The number of epoxide rings is 1. The summed E-state index contributed by atoms with van der Waals surface area (Å²) in [5, 5.41) is 0. The lowest BCUT2D eigenvalue weighted by molar-refractivity contribution is -0.157. The Balaban J connectivity index is 1.44. The van der Waals surface area contributed by atoms with Crippen LogP contribution in [0.2, 0.25) is 0 Å². The fourth-order valence-corrected chi connectivity index (χ4v) is 8.07. The lowest BCUT2D eigenvalue weighted by atomic mass is 9.47. The highest BCUT2D eigenvalue weighted by atomic mass is 16.8. The van der Waals surface area contributed by atoms with E-state index in [1.54, 1.807) is 0 Å². The molecule has 3 saturated carbocycles. The summed E-state index contributed by atoms with van der Waals surface area (Å²) >= 11 is 0. The summed E-state index contributed by atoms with van der Waals surface area (Å²) in [6, 6.07) is 0. The first-order valence-electron chi connectivity index (χ1n) is 10.9. The Kier molecular flexibility index (Phi) is 3.57. The van der Waals surface area contributed by atoms with Crippen LogP contribution in [-0.2, 0) is 14.3 Å². The van der Waals surface area contributed by atoms with E-state index in [-0.39, 0.29) is 17.5 Å². The van der Waals surface area contributed by atoms with Crippen molar-refractivity contribution >= 4 is 5.97 Å². The molecule has 1 saturated heterocycles. The highest BCUT2D eigenvalue weighted by Gasteiger charge is 2.69. The van der Waals surface area contributed by atoms with Crippen LogP contribution in [0.15, 0.2) is 11.6 Å². The number of allylic oxidation sites excluding steroid dienone is 1. The van der Waals surface area contributed by atoms with Crippen molar-refractivity contribution in [3.63, 3.8) is 0 Å². The normalized spacial score (nSPS) is 54.3. The quantitative estimate of drug-likeness (QED) is 0.385. The van der Waals surface area contributed by atoms with Crippen LogP contribution in [0.4, 0.5) is 0 Å². The highest BCUT2D eigenvalue weighted by Crippen LogP contribution is 2.69. The zero-order chi connectivity index (χ0) is 18.3. The van der Waals surface area contributed by atoms with Gasteiger partial charge in [-0.3, -0.25) is 4.79 Å². The third-order valence-electron chi connectivity index (χ3n) is 9.45. The second-order valence-electron chi connectivity index (χ2n) is 10.4. The van der Waals surface area contributed by atoms with Crippen LogP contribution in [-0.4, -0.2) is 17.9 Å². The maximum Gasteiger partial charge on any atom is 0.305 e. The van der Waals surface area contributed by atoms with Crippen molar-refractivity contribution in [3.8, 4) is 0 Å². The molecule has 0 aromatic rings. The molecule has 0 aromatic heterocycles. The molecule has 0 radical (unpaired) electrons. The Morgan fingerprint density at radius 3 is 2.81 bits per heavy atom. The molecule has 144 valence electrons. The van der Waals surface area contributed by atoms with Gasteiger partial charge < -0.3 is 9.47 Å². The minimum atomic E-state index is -0.617. The number of carbonyl (C=O) groups is 1. The lowest BCUT2D eigenvalue weighted by Gasteiger charge is -2.57. The number of rotatable bonds is 2. The Bertz CT molecular complexity index is 668. The average Bonchev–Trinajstić information content (AvgIpc) is 3.11. The molecule has 3 unspecified atom stereocenters. The summed E-state index contributed by atoms with van der Waals surface area (Å²) in [5.41, 5.74) is 2.34. The van der Waals surface area contributed by atoms with Gasteiger partial charge in [-0.15, -0.1) is 0 Å².